The van der Waals surface area contributed by atoms with Crippen LogP contribution in [0.5, 0.6) is 0 Å². The van der Waals surface area contributed by atoms with Crippen molar-refractivity contribution < 1.29 is 18.0 Å². The molecule has 2 heterocycles. The minimum atomic E-state index is -4.19. The van der Waals surface area contributed by atoms with E-state index in [2.05, 4.69) is 6.92 Å². The van der Waals surface area contributed by atoms with Gasteiger partial charge in [-0.1, -0.05) is 6.92 Å². The third-order valence-electron chi connectivity index (χ3n) is 4.21. The maximum Gasteiger partial charge on any atom is 0.393 e. The van der Waals surface area contributed by atoms with Crippen LogP contribution >= 0.6 is 0 Å². The summed E-state index contributed by atoms with van der Waals surface area (Å²) >= 11 is 0. The van der Waals surface area contributed by atoms with Crippen LogP contribution < -0.4 is 0 Å². The van der Waals surface area contributed by atoms with Gasteiger partial charge in [-0.15, -0.1) is 0 Å². The normalized spacial score (nSPS) is 26.6. The quantitative estimate of drug-likeness (QED) is 0.668. The summed E-state index contributed by atoms with van der Waals surface area (Å²) in [6.07, 6.45) is -1.70. The summed E-state index contributed by atoms with van der Waals surface area (Å²) in [5.74, 6) is -0.748. The highest BCUT2D eigenvalue weighted by Gasteiger charge is 2.43. The number of alkyl halides is 3. The van der Waals surface area contributed by atoms with E-state index in [9.17, 15) is 18.0 Å². The number of carbonyl (C=O) groups excluding carboxylic acids is 1. The molecule has 0 saturated carbocycles. The Balaban J connectivity index is 1.92. The first-order valence-electron chi connectivity index (χ1n) is 6.98. The van der Waals surface area contributed by atoms with Gasteiger partial charge in [-0.2, -0.15) is 13.2 Å². The predicted molar refractivity (Wildman–Crippen MR) is 65.7 cm³/mol. The number of rotatable bonds is 0. The van der Waals surface area contributed by atoms with Gasteiger partial charge in [0.2, 0.25) is 0 Å². The van der Waals surface area contributed by atoms with Crippen molar-refractivity contribution in [2.24, 2.45) is 11.8 Å². The summed E-state index contributed by atoms with van der Waals surface area (Å²) in [4.78, 5) is 15.3. The van der Waals surface area contributed by atoms with Crippen molar-refractivity contribution in [3.05, 3.63) is 0 Å². The number of hydrogen-bond acceptors (Lipinski definition) is 1. The lowest BCUT2D eigenvalue weighted by Crippen LogP contribution is -2.51. The molecule has 0 aromatic heterocycles. The molecule has 2 aliphatic heterocycles. The Morgan fingerprint density at radius 3 is 2.26 bits per heavy atom. The smallest absolute Gasteiger partial charge is 0.325 e. The third kappa shape index (κ3) is 3.54. The largest absolute Gasteiger partial charge is 0.393 e. The molecule has 0 aromatic rings. The number of urea groups is 1. The average molecular weight is 278 g/mol. The van der Waals surface area contributed by atoms with Gasteiger partial charge in [0.05, 0.1) is 5.92 Å². The van der Waals surface area contributed by atoms with Crippen LogP contribution in [-0.4, -0.2) is 48.2 Å². The van der Waals surface area contributed by atoms with Crippen LogP contribution in [0.1, 0.15) is 32.6 Å². The van der Waals surface area contributed by atoms with Crippen LogP contribution in [0.25, 0.3) is 0 Å². The molecule has 2 aliphatic rings. The molecule has 0 aromatic carbocycles. The first-order valence-corrected chi connectivity index (χ1v) is 6.98. The molecule has 2 saturated heterocycles. The second-order valence-electron chi connectivity index (χ2n) is 5.78. The fourth-order valence-corrected chi connectivity index (χ4v) is 2.82. The molecule has 6 heteroatoms. The number of halogens is 3. The second-order valence-corrected chi connectivity index (χ2v) is 5.78. The molecule has 19 heavy (non-hydrogen) atoms. The van der Waals surface area contributed by atoms with Crippen molar-refractivity contribution in [3.63, 3.8) is 0 Å². The minimum Gasteiger partial charge on any atom is -0.325 e. The molecule has 0 spiro atoms. The summed E-state index contributed by atoms with van der Waals surface area (Å²) in [5, 5.41) is 0. The number of likely N-dealkylation sites (tertiary alicyclic amines) is 2. The molecule has 2 rings (SSSR count). The maximum atomic E-state index is 12.7. The lowest BCUT2D eigenvalue weighted by molar-refractivity contribution is -0.184. The third-order valence-corrected chi connectivity index (χ3v) is 4.21. The molecule has 2 amide bonds. The Bertz CT molecular complexity index is 324. The number of hydrogen-bond donors (Lipinski definition) is 0. The molecule has 2 fully saturated rings. The first-order chi connectivity index (χ1) is 8.88. The molecular weight excluding hydrogens is 257 g/mol. The van der Waals surface area contributed by atoms with Crippen molar-refractivity contribution in [3.8, 4) is 0 Å². The van der Waals surface area contributed by atoms with Crippen LogP contribution in [0.3, 0.4) is 0 Å². The van der Waals surface area contributed by atoms with Gasteiger partial charge in [0.25, 0.3) is 0 Å². The van der Waals surface area contributed by atoms with Gasteiger partial charge in [0.15, 0.2) is 0 Å². The zero-order valence-corrected chi connectivity index (χ0v) is 11.2. The van der Waals surface area contributed by atoms with Gasteiger partial charge >= 0.3 is 12.2 Å². The zero-order chi connectivity index (χ0) is 14.0. The van der Waals surface area contributed by atoms with Crippen molar-refractivity contribution in [1.29, 1.82) is 0 Å². The minimum absolute atomic E-state index is 0.143. The molecule has 1 unspecified atom stereocenters. The molecule has 3 nitrogen and oxygen atoms in total. The Hall–Kier alpha value is -0.940. The Morgan fingerprint density at radius 1 is 1.05 bits per heavy atom. The lowest BCUT2D eigenvalue weighted by atomic mass is 9.97. The maximum absolute atomic E-state index is 12.7. The van der Waals surface area contributed by atoms with Crippen LogP contribution in [0.4, 0.5) is 18.0 Å². The van der Waals surface area contributed by atoms with Crippen LogP contribution in [0.2, 0.25) is 0 Å². The van der Waals surface area contributed by atoms with Crippen LogP contribution in [-0.2, 0) is 0 Å². The van der Waals surface area contributed by atoms with Gasteiger partial charge in [0.1, 0.15) is 0 Å². The number of amides is 2. The Kier molecular flexibility index (Phi) is 4.26. The van der Waals surface area contributed by atoms with Gasteiger partial charge in [0, 0.05) is 26.2 Å². The van der Waals surface area contributed by atoms with Gasteiger partial charge in [-0.3, -0.25) is 0 Å². The van der Waals surface area contributed by atoms with Crippen molar-refractivity contribution in [2.75, 3.05) is 26.2 Å². The SMILES string of the molecule is CC1CCN(C(=O)N2CCCC(C(F)(F)F)C2)CC1. The number of piperidine rings is 2. The van der Waals surface area contributed by atoms with E-state index in [4.69, 9.17) is 0 Å². The average Bonchev–Trinajstić information content (AvgIpc) is 2.38. The topological polar surface area (TPSA) is 23.6 Å². The van der Waals surface area contributed by atoms with Crippen molar-refractivity contribution in [2.45, 2.75) is 38.8 Å². The van der Waals surface area contributed by atoms with Crippen LogP contribution in [0.15, 0.2) is 0 Å². The highest BCUT2D eigenvalue weighted by Crippen LogP contribution is 2.33. The number of carbonyl (C=O) groups is 1. The van der Waals surface area contributed by atoms with E-state index in [0.717, 1.165) is 12.8 Å². The Morgan fingerprint density at radius 2 is 1.68 bits per heavy atom. The molecule has 1 atom stereocenters. The van der Waals surface area contributed by atoms with E-state index in [1.807, 2.05) is 0 Å². The van der Waals surface area contributed by atoms with Crippen molar-refractivity contribution >= 4 is 6.03 Å². The van der Waals surface area contributed by atoms with E-state index in [1.165, 1.54) is 4.90 Å². The molecule has 0 aliphatic carbocycles. The monoisotopic (exact) mass is 278 g/mol. The van der Waals surface area contributed by atoms with E-state index in [-0.39, 0.29) is 19.0 Å². The second kappa shape index (κ2) is 5.59. The molecule has 0 radical (unpaired) electrons. The zero-order valence-electron chi connectivity index (χ0n) is 11.2. The van der Waals surface area contributed by atoms with Gasteiger partial charge in [-0.05, 0) is 31.6 Å². The highest BCUT2D eigenvalue weighted by atomic mass is 19.4. The van der Waals surface area contributed by atoms with E-state index in [1.54, 1.807) is 4.90 Å². The summed E-state index contributed by atoms with van der Waals surface area (Å²) in [6, 6.07) is -0.208. The Labute approximate surface area is 111 Å². The predicted octanol–water partition coefficient (Wildman–Crippen LogP) is 3.11. The molecule has 110 valence electrons. The van der Waals surface area contributed by atoms with E-state index < -0.39 is 12.1 Å². The highest BCUT2D eigenvalue weighted by molar-refractivity contribution is 5.74. The van der Waals surface area contributed by atoms with Gasteiger partial charge in [-0.25, -0.2) is 4.79 Å². The molecular formula is C13H21F3N2O. The number of nitrogens with zero attached hydrogens (tertiary/aromatic N) is 2. The molecule has 0 bridgehead atoms. The van der Waals surface area contributed by atoms with E-state index >= 15 is 0 Å². The van der Waals surface area contributed by atoms with Gasteiger partial charge < -0.3 is 9.80 Å². The van der Waals surface area contributed by atoms with E-state index in [0.29, 0.717) is 32.0 Å². The summed E-state index contributed by atoms with van der Waals surface area (Å²) < 4.78 is 38.2. The first kappa shape index (κ1) is 14.5. The summed E-state index contributed by atoms with van der Waals surface area (Å²) in [6.45, 7) is 3.77. The standard InChI is InChI=1S/C13H21F3N2O/c1-10-4-7-17(8-5-10)12(19)18-6-2-3-11(9-18)13(14,15)16/h10-11H,2-9H2,1H3. The van der Waals surface area contributed by atoms with Crippen LogP contribution in [0, 0.1) is 11.8 Å². The summed E-state index contributed by atoms with van der Waals surface area (Å²) in [5.41, 5.74) is 0. The fraction of sp³-hybridized carbons (Fsp3) is 0.923. The lowest BCUT2D eigenvalue weighted by Gasteiger charge is -2.39. The van der Waals surface area contributed by atoms with Crippen molar-refractivity contribution in [1.82, 2.24) is 9.80 Å². The summed E-state index contributed by atoms with van der Waals surface area (Å²) in [7, 11) is 0. The molecule has 0 N–H and O–H groups in total. The fourth-order valence-electron chi connectivity index (χ4n) is 2.82.